The molecule has 0 spiro atoms. The summed E-state index contributed by atoms with van der Waals surface area (Å²) in [5.74, 6) is 0. The molecule has 0 rings (SSSR count). The quantitative estimate of drug-likeness (QED) is 0.503. The zero-order chi connectivity index (χ0) is 8.53. The predicted octanol–water partition coefficient (Wildman–Crippen LogP) is 2.97. The summed E-state index contributed by atoms with van der Waals surface area (Å²) >= 11 is 0. The third kappa shape index (κ3) is 7.86. The van der Waals surface area contributed by atoms with Crippen molar-refractivity contribution in [1.82, 2.24) is 5.32 Å². The van der Waals surface area contributed by atoms with Crippen molar-refractivity contribution in [2.45, 2.75) is 58.9 Å². The molecule has 67 valence electrons. The zero-order valence-electron chi connectivity index (χ0n) is 8.27. The van der Waals surface area contributed by atoms with E-state index in [0.717, 1.165) is 6.54 Å². The van der Waals surface area contributed by atoms with E-state index in [1.807, 2.05) is 0 Å². The Morgan fingerprint density at radius 2 is 1.82 bits per heavy atom. The Balaban J connectivity index is 2.97. The Morgan fingerprint density at radius 3 is 2.36 bits per heavy atom. The summed E-state index contributed by atoms with van der Waals surface area (Å²) < 4.78 is 0. The van der Waals surface area contributed by atoms with E-state index in [-0.39, 0.29) is 0 Å². The highest BCUT2D eigenvalue weighted by molar-refractivity contribution is 4.57. The molecule has 1 atom stereocenters. The van der Waals surface area contributed by atoms with Crippen molar-refractivity contribution in [3.63, 3.8) is 0 Å². The molecule has 0 saturated carbocycles. The van der Waals surface area contributed by atoms with Crippen molar-refractivity contribution in [1.29, 1.82) is 0 Å². The predicted molar refractivity (Wildman–Crippen MR) is 50.9 cm³/mol. The lowest BCUT2D eigenvalue weighted by Crippen LogP contribution is -2.17. The highest BCUT2D eigenvalue weighted by Crippen LogP contribution is 2.05. The van der Waals surface area contributed by atoms with E-state index in [1.165, 1.54) is 32.1 Å². The van der Waals surface area contributed by atoms with Crippen molar-refractivity contribution >= 4 is 0 Å². The van der Waals surface area contributed by atoms with Crippen LogP contribution in [0.4, 0.5) is 0 Å². The third-order valence-corrected chi connectivity index (χ3v) is 1.97. The summed E-state index contributed by atoms with van der Waals surface area (Å²) in [5, 5.41) is 4.42. The van der Waals surface area contributed by atoms with Crippen LogP contribution >= 0.6 is 0 Å². The van der Waals surface area contributed by atoms with Crippen LogP contribution in [-0.4, -0.2) is 12.6 Å². The molecule has 1 heteroatoms. The molecule has 0 fully saturated rings. The molecule has 0 aromatic heterocycles. The van der Waals surface area contributed by atoms with Gasteiger partial charge in [-0.05, 0) is 13.3 Å². The number of hydrogen-bond acceptors (Lipinski definition) is 0. The van der Waals surface area contributed by atoms with E-state index in [2.05, 4.69) is 26.1 Å². The number of nitrogens with zero attached hydrogens (tertiary/aromatic N) is 1. The highest BCUT2D eigenvalue weighted by atomic mass is 14.9. The summed E-state index contributed by atoms with van der Waals surface area (Å²) in [4.78, 5) is 0. The maximum atomic E-state index is 4.42. The van der Waals surface area contributed by atoms with Crippen molar-refractivity contribution < 1.29 is 0 Å². The van der Waals surface area contributed by atoms with Gasteiger partial charge in [-0.25, -0.2) is 5.32 Å². The molecule has 11 heavy (non-hydrogen) atoms. The lowest BCUT2D eigenvalue weighted by atomic mass is 10.1. The molecule has 0 aromatic carbocycles. The average molecular weight is 156 g/mol. The Bertz CT molecular complexity index is 71.3. The van der Waals surface area contributed by atoms with E-state index < -0.39 is 0 Å². The molecule has 0 aromatic rings. The molecular formula is C10H22N. The minimum Gasteiger partial charge on any atom is -0.239 e. The number of unbranched alkanes of at least 4 members (excludes halogenated alkanes) is 3. The van der Waals surface area contributed by atoms with Crippen molar-refractivity contribution in [3.05, 3.63) is 0 Å². The van der Waals surface area contributed by atoms with Crippen LogP contribution in [0, 0.1) is 0 Å². The normalized spacial score (nSPS) is 13.4. The zero-order valence-corrected chi connectivity index (χ0v) is 8.27. The van der Waals surface area contributed by atoms with Crippen LogP contribution in [0.15, 0.2) is 0 Å². The molecule has 1 radical (unpaired) electrons. The Hall–Kier alpha value is -0.0400. The molecule has 1 unspecified atom stereocenters. The SMILES string of the molecule is CCCCCCC(C)[N]CC. The highest BCUT2D eigenvalue weighted by Gasteiger charge is 1.98. The summed E-state index contributed by atoms with van der Waals surface area (Å²) in [6, 6.07) is 0.594. The minimum atomic E-state index is 0.594. The number of rotatable bonds is 7. The van der Waals surface area contributed by atoms with Gasteiger partial charge in [0.05, 0.1) is 0 Å². The van der Waals surface area contributed by atoms with Gasteiger partial charge in [0.2, 0.25) is 0 Å². The molecule has 0 aliphatic carbocycles. The van der Waals surface area contributed by atoms with Crippen LogP contribution in [0.3, 0.4) is 0 Å². The lowest BCUT2D eigenvalue weighted by molar-refractivity contribution is 0.487. The maximum absolute atomic E-state index is 4.42. The summed E-state index contributed by atoms with van der Waals surface area (Å²) in [6.45, 7) is 7.56. The fraction of sp³-hybridized carbons (Fsp3) is 1.00. The van der Waals surface area contributed by atoms with Crippen LogP contribution in [0.1, 0.15) is 52.9 Å². The van der Waals surface area contributed by atoms with Gasteiger partial charge in [0.1, 0.15) is 0 Å². The fourth-order valence-electron chi connectivity index (χ4n) is 1.27. The van der Waals surface area contributed by atoms with E-state index >= 15 is 0 Å². The molecule has 0 aliphatic heterocycles. The summed E-state index contributed by atoms with van der Waals surface area (Å²) in [7, 11) is 0. The lowest BCUT2D eigenvalue weighted by Gasteiger charge is -2.08. The van der Waals surface area contributed by atoms with E-state index in [9.17, 15) is 0 Å². The molecule has 0 heterocycles. The number of hydrogen-bond donors (Lipinski definition) is 0. The minimum absolute atomic E-state index is 0.594. The molecule has 0 aliphatic rings. The van der Waals surface area contributed by atoms with Crippen LogP contribution in [0.25, 0.3) is 0 Å². The molecule has 0 saturated heterocycles. The second-order valence-electron chi connectivity index (χ2n) is 3.20. The van der Waals surface area contributed by atoms with Crippen molar-refractivity contribution in [3.8, 4) is 0 Å². The van der Waals surface area contributed by atoms with Gasteiger partial charge in [0, 0.05) is 12.6 Å². The van der Waals surface area contributed by atoms with E-state index in [0.29, 0.717) is 6.04 Å². The fourth-order valence-corrected chi connectivity index (χ4v) is 1.27. The van der Waals surface area contributed by atoms with Crippen molar-refractivity contribution in [2.75, 3.05) is 6.54 Å². The van der Waals surface area contributed by atoms with Crippen LogP contribution < -0.4 is 5.32 Å². The molecule has 0 bridgehead atoms. The van der Waals surface area contributed by atoms with Gasteiger partial charge in [0.25, 0.3) is 0 Å². The molecule has 1 nitrogen and oxygen atoms in total. The topological polar surface area (TPSA) is 14.1 Å². The molecule has 0 amide bonds. The molecular weight excluding hydrogens is 134 g/mol. The standard InChI is InChI=1S/C10H22N/c1-4-6-7-8-9-10(3)11-5-2/h10H,4-9H2,1-3H3. The third-order valence-electron chi connectivity index (χ3n) is 1.97. The van der Waals surface area contributed by atoms with Crippen LogP contribution in [0.5, 0.6) is 0 Å². The second-order valence-corrected chi connectivity index (χ2v) is 3.20. The van der Waals surface area contributed by atoms with Gasteiger partial charge < -0.3 is 0 Å². The van der Waals surface area contributed by atoms with Gasteiger partial charge >= 0.3 is 0 Å². The summed E-state index contributed by atoms with van der Waals surface area (Å²) in [6.07, 6.45) is 6.75. The largest absolute Gasteiger partial charge is 0.239 e. The van der Waals surface area contributed by atoms with Crippen LogP contribution in [-0.2, 0) is 0 Å². The monoisotopic (exact) mass is 156 g/mol. The van der Waals surface area contributed by atoms with Gasteiger partial charge in [-0.1, -0.05) is 39.5 Å². The van der Waals surface area contributed by atoms with Crippen molar-refractivity contribution in [2.24, 2.45) is 0 Å². The Labute approximate surface area is 71.6 Å². The first-order valence-corrected chi connectivity index (χ1v) is 4.97. The maximum Gasteiger partial charge on any atom is 0.0217 e. The Morgan fingerprint density at radius 1 is 1.09 bits per heavy atom. The van der Waals surface area contributed by atoms with Crippen LogP contribution in [0.2, 0.25) is 0 Å². The average Bonchev–Trinajstić information content (AvgIpc) is 1.99. The van der Waals surface area contributed by atoms with Gasteiger partial charge in [0.15, 0.2) is 0 Å². The van der Waals surface area contributed by atoms with Gasteiger partial charge in [-0.15, -0.1) is 0 Å². The van der Waals surface area contributed by atoms with E-state index in [4.69, 9.17) is 0 Å². The molecule has 0 N–H and O–H groups in total. The Kier molecular flexibility index (Phi) is 8.03. The first kappa shape index (κ1) is 11.0. The smallest absolute Gasteiger partial charge is 0.0217 e. The van der Waals surface area contributed by atoms with E-state index in [1.54, 1.807) is 0 Å². The summed E-state index contributed by atoms with van der Waals surface area (Å²) in [5.41, 5.74) is 0. The first-order valence-electron chi connectivity index (χ1n) is 4.97. The first-order chi connectivity index (χ1) is 5.31. The van der Waals surface area contributed by atoms with Gasteiger partial charge in [-0.2, -0.15) is 0 Å². The second kappa shape index (κ2) is 8.06. The van der Waals surface area contributed by atoms with Gasteiger partial charge in [-0.3, -0.25) is 0 Å².